The summed E-state index contributed by atoms with van der Waals surface area (Å²) in [5.74, 6) is -0.0446. The highest BCUT2D eigenvalue weighted by Crippen LogP contribution is 2.27. The van der Waals surface area contributed by atoms with E-state index in [0.29, 0.717) is 11.5 Å². The van der Waals surface area contributed by atoms with Crippen molar-refractivity contribution in [3.63, 3.8) is 0 Å². The second-order valence-electron chi connectivity index (χ2n) is 3.94. The largest absolute Gasteiger partial charge is 0.384 e. The third-order valence-corrected chi connectivity index (χ3v) is 3.86. The van der Waals surface area contributed by atoms with E-state index in [9.17, 15) is 4.39 Å². The first-order valence-electron chi connectivity index (χ1n) is 5.50. The summed E-state index contributed by atoms with van der Waals surface area (Å²) in [6, 6.07) is 10.1. The summed E-state index contributed by atoms with van der Waals surface area (Å²) in [5, 5.41) is 6.43. The van der Waals surface area contributed by atoms with Gasteiger partial charge in [-0.3, -0.25) is 0 Å². The summed E-state index contributed by atoms with van der Waals surface area (Å²) >= 11 is 7.23. The molecule has 0 amide bonds. The highest BCUT2D eigenvalue weighted by molar-refractivity contribution is 7.13. The van der Waals surface area contributed by atoms with Gasteiger partial charge in [-0.25, -0.2) is 9.07 Å². The Morgan fingerprint density at radius 2 is 2.11 bits per heavy atom. The average molecular weight is 294 g/mol. The van der Waals surface area contributed by atoms with Gasteiger partial charge in [-0.1, -0.05) is 17.7 Å². The SMILES string of the molecule is Nc1cc(-c2cccs2)nn1-c1ccc(Cl)c(F)c1. The number of aromatic nitrogens is 2. The minimum atomic E-state index is -0.494. The zero-order valence-corrected chi connectivity index (χ0v) is 11.2. The van der Waals surface area contributed by atoms with Crippen LogP contribution in [0.5, 0.6) is 0 Å². The van der Waals surface area contributed by atoms with E-state index in [2.05, 4.69) is 5.10 Å². The molecule has 0 fully saturated rings. The molecular formula is C13H9ClFN3S. The van der Waals surface area contributed by atoms with Gasteiger partial charge in [0.15, 0.2) is 0 Å². The van der Waals surface area contributed by atoms with Crippen LogP contribution in [-0.4, -0.2) is 9.78 Å². The quantitative estimate of drug-likeness (QED) is 0.777. The van der Waals surface area contributed by atoms with Crippen molar-refractivity contribution < 1.29 is 4.39 Å². The molecule has 3 nitrogen and oxygen atoms in total. The molecule has 0 spiro atoms. The molecule has 19 heavy (non-hydrogen) atoms. The van der Waals surface area contributed by atoms with Crippen LogP contribution in [0.3, 0.4) is 0 Å². The number of benzene rings is 1. The number of hydrogen-bond acceptors (Lipinski definition) is 3. The maximum Gasteiger partial charge on any atom is 0.143 e. The summed E-state index contributed by atoms with van der Waals surface area (Å²) in [5.41, 5.74) is 7.23. The third kappa shape index (κ3) is 2.22. The molecule has 0 saturated heterocycles. The smallest absolute Gasteiger partial charge is 0.143 e. The lowest BCUT2D eigenvalue weighted by atomic mass is 10.3. The molecule has 3 rings (SSSR count). The summed E-state index contributed by atoms with van der Waals surface area (Å²) < 4.78 is 15.0. The molecule has 0 aliphatic heterocycles. The number of nitrogens with two attached hydrogens (primary N) is 1. The van der Waals surface area contributed by atoms with Gasteiger partial charge in [0.2, 0.25) is 0 Å². The van der Waals surface area contributed by atoms with E-state index in [1.54, 1.807) is 23.5 Å². The van der Waals surface area contributed by atoms with Crippen LogP contribution < -0.4 is 5.73 Å². The topological polar surface area (TPSA) is 43.8 Å². The van der Waals surface area contributed by atoms with Crippen LogP contribution in [0.25, 0.3) is 16.3 Å². The fourth-order valence-corrected chi connectivity index (χ4v) is 2.56. The van der Waals surface area contributed by atoms with Gasteiger partial charge < -0.3 is 5.73 Å². The number of hydrogen-bond donors (Lipinski definition) is 1. The molecule has 0 saturated carbocycles. The Hall–Kier alpha value is -1.85. The predicted molar refractivity (Wildman–Crippen MR) is 76.3 cm³/mol. The van der Waals surface area contributed by atoms with E-state index in [4.69, 9.17) is 17.3 Å². The molecule has 6 heteroatoms. The average Bonchev–Trinajstić information content (AvgIpc) is 3.01. The van der Waals surface area contributed by atoms with Crippen LogP contribution in [0.1, 0.15) is 0 Å². The van der Waals surface area contributed by atoms with Crippen molar-refractivity contribution in [2.24, 2.45) is 0 Å². The molecule has 0 unspecified atom stereocenters. The molecule has 0 atom stereocenters. The van der Waals surface area contributed by atoms with E-state index in [1.165, 1.54) is 16.8 Å². The zero-order chi connectivity index (χ0) is 13.4. The van der Waals surface area contributed by atoms with E-state index in [-0.39, 0.29) is 5.02 Å². The van der Waals surface area contributed by atoms with Crippen molar-refractivity contribution in [2.75, 3.05) is 5.73 Å². The number of halogens is 2. The first-order valence-corrected chi connectivity index (χ1v) is 6.76. The summed E-state index contributed by atoms with van der Waals surface area (Å²) in [6.07, 6.45) is 0. The number of rotatable bonds is 2. The minimum absolute atomic E-state index is 0.0768. The molecule has 96 valence electrons. The van der Waals surface area contributed by atoms with Crippen LogP contribution in [0, 0.1) is 5.82 Å². The van der Waals surface area contributed by atoms with Crippen molar-refractivity contribution in [3.05, 3.63) is 52.6 Å². The summed E-state index contributed by atoms with van der Waals surface area (Å²) in [4.78, 5) is 1.01. The van der Waals surface area contributed by atoms with Gasteiger partial charge in [0.1, 0.15) is 17.3 Å². The fraction of sp³-hybridized carbons (Fsp3) is 0. The van der Waals surface area contributed by atoms with Gasteiger partial charge in [0, 0.05) is 12.1 Å². The van der Waals surface area contributed by atoms with Gasteiger partial charge in [0.05, 0.1) is 15.6 Å². The molecule has 1 aromatic carbocycles. The Morgan fingerprint density at radius 3 is 2.79 bits per heavy atom. The third-order valence-electron chi connectivity index (χ3n) is 2.66. The fourth-order valence-electron chi connectivity index (χ4n) is 1.76. The van der Waals surface area contributed by atoms with E-state index in [0.717, 1.165) is 10.6 Å². The van der Waals surface area contributed by atoms with Crippen molar-refractivity contribution in [3.8, 4) is 16.3 Å². The number of nitrogens with zero attached hydrogens (tertiary/aromatic N) is 2. The molecule has 0 aliphatic rings. The number of anilines is 1. The highest BCUT2D eigenvalue weighted by Gasteiger charge is 2.11. The minimum Gasteiger partial charge on any atom is -0.384 e. The molecular weight excluding hydrogens is 285 g/mol. The van der Waals surface area contributed by atoms with Crippen LogP contribution in [0.2, 0.25) is 5.02 Å². The van der Waals surface area contributed by atoms with E-state index >= 15 is 0 Å². The van der Waals surface area contributed by atoms with Crippen molar-refractivity contribution in [1.82, 2.24) is 9.78 Å². The maximum absolute atomic E-state index is 13.5. The summed E-state index contributed by atoms with van der Waals surface area (Å²) in [7, 11) is 0. The van der Waals surface area contributed by atoms with E-state index in [1.807, 2.05) is 17.5 Å². The normalized spacial score (nSPS) is 10.8. The van der Waals surface area contributed by atoms with Crippen LogP contribution in [0.4, 0.5) is 10.2 Å². The molecule has 0 aliphatic carbocycles. The predicted octanol–water partition coefficient (Wildman–Crippen LogP) is 3.98. The van der Waals surface area contributed by atoms with Gasteiger partial charge >= 0.3 is 0 Å². The second-order valence-corrected chi connectivity index (χ2v) is 5.30. The standard InChI is InChI=1S/C13H9ClFN3S/c14-9-4-3-8(6-10(9)15)18-13(16)7-11(17-18)12-2-1-5-19-12/h1-7H,16H2. The molecule has 2 aromatic heterocycles. The first kappa shape index (κ1) is 12.2. The Balaban J connectivity index is 2.08. The zero-order valence-electron chi connectivity index (χ0n) is 9.68. The molecule has 0 bridgehead atoms. The van der Waals surface area contributed by atoms with Crippen LogP contribution in [0.15, 0.2) is 41.8 Å². The molecule has 2 heterocycles. The second kappa shape index (κ2) is 4.68. The van der Waals surface area contributed by atoms with E-state index < -0.39 is 5.82 Å². The van der Waals surface area contributed by atoms with Gasteiger partial charge in [-0.05, 0) is 23.6 Å². The molecule has 0 radical (unpaired) electrons. The highest BCUT2D eigenvalue weighted by atomic mass is 35.5. The monoisotopic (exact) mass is 293 g/mol. The molecule has 2 N–H and O–H groups in total. The van der Waals surface area contributed by atoms with Gasteiger partial charge in [-0.2, -0.15) is 5.10 Å². The van der Waals surface area contributed by atoms with Crippen LogP contribution >= 0.6 is 22.9 Å². The first-order chi connectivity index (χ1) is 9.15. The van der Waals surface area contributed by atoms with Crippen molar-refractivity contribution >= 4 is 28.8 Å². The van der Waals surface area contributed by atoms with Crippen molar-refractivity contribution in [1.29, 1.82) is 0 Å². The molecule has 3 aromatic rings. The number of nitrogen functional groups attached to an aromatic ring is 1. The van der Waals surface area contributed by atoms with Crippen LogP contribution in [-0.2, 0) is 0 Å². The lowest BCUT2D eigenvalue weighted by Gasteiger charge is -2.04. The Labute approximate surface area is 118 Å². The lowest BCUT2D eigenvalue weighted by molar-refractivity contribution is 0.626. The van der Waals surface area contributed by atoms with Gasteiger partial charge in [0.25, 0.3) is 0 Å². The maximum atomic E-state index is 13.5. The number of thiophene rings is 1. The Bertz CT molecular complexity index is 722. The Morgan fingerprint density at radius 1 is 1.26 bits per heavy atom. The van der Waals surface area contributed by atoms with Gasteiger partial charge in [-0.15, -0.1) is 11.3 Å². The van der Waals surface area contributed by atoms with Crippen molar-refractivity contribution in [2.45, 2.75) is 0 Å². The lowest BCUT2D eigenvalue weighted by Crippen LogP contribution is -2.02. The Kier molecular flexibility index (Phi) is 3.00. The summed E-state index contributed by atoms with van der Waals surface area (Å²) in [6.45, 7) is 0.